The summed E-state index contributed by atoms with van der Waals surface area (Å²) >= 11 is 3.47. The zero-order valence-electron chi connectivity index (χ0n) is 11.3. The lowest BCUT2D eigenvalue weighted by Gasteiger charge is -2.15. The molecule has 110 valence electrons. The Kier molecular flexibility index (Phi) is 5.25. The molecule has 5 nitrogen and oxygen atoms in total. The molecule has 20 heavy (non-hydrogen) atoms. The SMILES string of the molecule is CCCCC(NCc1cc2c(cc1Br)OCO2)C(=O)O. The van der Waals surface area contributed by atoms with E-state index in [1.54, 1.807) is 0 Å². The van der Waals surface area contributed by atoms with Crippen LogP contribution in [0.15, 0.2) is 16.6 Å². The van der Waals surface area contributed by atoms with Crippen LogP contribution in [0.25, 0.3) is 0 Å². The Morgan fingerprint density at radius 2 is 2.15 bits per heavy atom. The van der Waals surface area contributed by atoms with Gasteiger partial charge in [0.05, 0.1) is 0 Å². The summed E-state index contributed by atoms with van der Waals surface area (Å²) in [6.07, 6.45) is 2.51. The first-order chi connectivity index (χ1) is 9.61. The highest BCUT2D eigenvalue weighted by Gasteiger charge is 2.19. The molecule has 1 unspecified atom stereocenters. The van der Waals surface area contributed by atoms with Crippen molar-refractivity contribution >= 4 is 21.9 Å². The fourth-order valence-electron chi connectivity index (χ4n) is 2.05. The van der Waals surface area contributed by atoms with Gasteiger partial charge in [0.15, 0.2) is 11.5 Å². The van der Waals surface area contributed by atoms with Crippen molar-refractivity contribution < 1.29 is 19.4 Å². The predicted octanol–water partition coefficient (Wildman–Crippen LogP) is 2.91. The van der Waals surface area contributed by atoms with E-state index in [4.69, 9.17) is 9.47 Å². The van der Waals surface area contributed by atoms with Crippen LogP contribution >= 0.6 is 15.9 Å². The van der Waals surface area contributed by atoms with E-state index in [9.17, 15) is 9.90 Å². The summed E-state index contributed by atoms with van der Waals surface area (Å²) in [6.45, 7) is 2.75. The molecule has 0 radical (unpaired) electrons. The maximum Gasteiger partial charge on any atom is 0.320 e. The smallest absolute Gasteiger partial charge is 0.320 e. The number of ether oxygens (including phenoxy) is 2. The highest BCUT2D eigenvalue weighted by molar-refractivity contribution is 9.10. The molecule has 1 heterocycles. The van der Waals surface area contributed by atoms with Gasteiger partial charge in [-0.25, -0.2) is 0 Å². The number of halogens is 1. The Hall–Kier alpha value is -1.27. The minimum Gasteiger partial charge on any atom is -0.480 e. The molecule has 0 aliphatic carbocycles. The van der Waals surface area contributed by atoms with Gasteiger partial charge >= 0.3 is 5.97 Å². The van der Waals surface area contributed by atoms with Gasteiger partial charge in [0, 0.05) is 11.0 Å². The van der Waals surface area contributed by atoms with Gasteiger partial charge in [-0.05, 0) is 24.1 Å². The van der Waals surface area contributed by atoms with Crippen LogP contribution in [0, 0.1) is 0 Å². The Morgan fingerprint density at radius 1 is 1.45 bits per heavy atom. The second kappa shape index (κ2) is 6.95. The van der Waals surface area contributed by atoms with Crippen molar-refractivity contribution in [1.29, 1.82) is 0 Å². The summed E-state index contributed by atoms with van der Waals surface area (Å²) in [5.41, 5.74) is 0.956. The predicted molar refractivity (Wildman–Crippen MR) is 78.1 cm³/mol. The molecule has 0 amide bonds. The van der Waals surface area contributed by atoms with E-state index >= 15 is 0 Å². The van der Waals surface area contributed by atoms with Crippen LogP contribution in [0.3, 0.4) is 0 Å². The number of carbonyl (C=O) groups is 1. The molecule has 0 aromatic heterocycles. The highest BCUT2D eigenvalue weighted by atomic mass is 79.9. The molecule has 0 fully saturated rings. The topological polar surface area (TPSA) is 67.8 Å². The summed E-state index contributed by atoms with van der Waals surface area (Å²) in [5.74, 6) is 0.599. The van der Waals surface area contributed by atoms with Crippen LogP contribution in [0.1, 0.15) is 31.7 Å². The second-order valence-corrected chi connectivity index (χ2v) is 5.57. The molecule has 0 saturated carbocycles. The molecule has 2 rings (SSSR count). The summed E-state index contributed by atoms with van der Waals surface area (Å²) in [5, 5.41) is 12.3. The molecule has 1 aliphatic rings. The average molecular weight is 344 g/mol. The molecule has 0 bridgehead atoms. The minimum atomic E-state index is -0.810. The molecule has 0 saturated heterocycles. The molecular formula is C14H18BrNO4. The number of fused-ring (bicyclic) bond motifs is 1. The van der Waals surface area contributed by atoms with Crippen LogP contribution in [0.4, 0.5) is 0 Å². The van der Waals surface area contributed by atoms with Crippen molar-refractivity contribution in [2.24, 2.45) is 0 Å². The van der Waals surface area contributed by atoms with E-state index in [1.807, 2.05) is 19.1 Å². The van der Waals surface area contributed by atoms with E-state index in [0.717, 1.165) is 22.9 Å². The lowest BCUT2D eigenvalue weighted by molar-refractivity contribution is -0.139. The van der Waals surface area contributed by atoms with Crippen molar-refractivity contribution in [3.8, 4) is 11.5 Å². The molecule has 0 spiro atoms. The Morgan fingerprint density at radius 3 is 2.80 bits per heavy atom. The first-order valence-electron chi connectivity index (χ1n) is 6.66. The maximum absolute atomic E-state index is 11.2. The largest absolute Gasteiger partial charge is 0.480 e. The lowest BCUT2D eigenvalue weighted by Crippen LogP contribution is -2.36. The standard InChI is InChI=1S/C14H18BrNO4/c1-2-3-4-11(14(17)18)16-7-9-5-12-13(6-10(9)15)20-8-19-12/h5-6,11,16H,2-4,7-8H2,1H3,(H,17,18). The van der Waals surface area contributed by atoms with Gasteiger partial charge in [-0.15, -0.1) is 0 Å². The van der Waals surface area contributed by atoms with Gasteiger partial charge in [0.2, 0.25) is 6.79 Å². The van der Waals surface area contributed by atoms with Crippen molar-refractivity contribution in [1.82, 2.24) is 5.32 Å². The fourth-order valence-corrected chi connectivity index (χ4v) is 2.51. The monoisotopic (exact) mass is 343 g/mol. The van der Waals surface area contributed by atoms with Crippen molar-refractivity contribution in [2.75, 3.05) is 6.79 Å². The second-order valence-electron chi connectivity index (χ2n) is 4.71. The molecule has 1 aliphatic heterocycles. The summed E-state index contributed by atoms with van der Waals surface area (Å²) in [4.78, 5) is 11.2. The number of benzene rings is 1. The Bertz CT molecular complexity index is 492. The van der Waals surface area contributed by atoms with Gasteiger partial charge in [-0.1, -0.05) is 35.7 Å². The average Bonchev–Trinajstić information content (AvgIpc) is 2.85. The van der Waals surface area contributed by atoms with E-state index in [0.29, 0.717) is 24.5 Å². The van der Waals surface area contributed by atoms with Crippen molar-refractivity contribution in [3.63, 3.8) is 0 Å². The number of rotatable bonds is 7. The summed E-state index contributed by atoms with van der Waals surface area (Å²) < 4.78 is 11.5. The molecule has 1 aromatic rings. The Balaban J connectivity index is 2.00. The van der Waals surface area contributed by atoms with Crippen LogP contribution in [0.2, 0.25) is 0 Å². The summed E-state index contributed by atoms with van der Waals surface area (Å²) in [6, 6.07) is 3.20. The first kappa shape index (κ1) is 15.1. The van der Waals surface area contributed by atoms with E-state index in [2.05, 4.69) is 21.2 Å². The van der Waals surface area contributed by atoms with Gasteiger partial charge in [0.1, 0.15) is 6.04 Å². The quantitative estimate of drug-likeness (QED) is 0.796. The number of hydrogen-bond donors (Lipinski definition) is 2. The first-order valence-corrected chi connectivity index (χ1v) is 7.45. The van der Waals surface area contributed by atoms with Gasteiger partial charge in [0.25, 0.3) is 0 Å². The third-order valence-electron chi connectivity index (χ3n) is 3.22. The van der Waals surface area contributed by atoms with E-state index in [1.165, 1.54) is 0 Å². The van der Waals surface area contributed by atoms with Crippen molar-refractivity contribution in [2.45, 2.75) is 38.8 Å². The van der Waals surface area contributed by atoms with Crippen LogP contribution in [-0.2, 0) is 11.3 Å². The molecule has 1 atom stereocenters. The maximum atomic E-state index is 11.2. The zero-order valence-corrected chi connectivity index (χ0v) is 12.9. The zero-order chi connectivity index (χ0) is 14.5. The number of hydrogen-bond acceptors (Lipinski definition) is 4. The van der Waals surface area contributed by atoms with Crippen molar-refractivity contribution in [3.05, 3.63) is 22.2 Å². The van der Waals surface area contributed by atoms with E-state index in [-0.39, 0.29) is 6.79 Å². The number of nitrogens with one attached hydrogen (secondary N) is 1. The molecule has 6 heteroatoms. The normalized spacial score (nSPS) is 14.3. The molecule has 2 N–H and O–H groups in total. The fraction of sp³-hybridized carbons (Fsp3) is 0.500. The number of carboxylic acids is 1. The molecular weight excluding hydrogens is 326 g/mol. The van der Waals surface area contributed by atoms with Gasteiger partial charge in [-0.2, -0.15) is 0 Å². The van der Waals surface area contributed by atoms with Crippen LogP contribution < -0.4 is 14.8 Å². The van der Waals surface area contributed by atoms with Gasteiger partial charge in [-0.3, -0.25) is 4.79 Å². The van der Waals surface area contributed by atoms with Gasteiger partial charge < -0.3 is 19.9 Å². The third-order valence-corrected chi connectivity index (χ3v) is 3.96. The van der Waals surface area contributed by atoms with E-state index < -0.39 is 12.0 Å². The highest BCUT2D eigenvalue weighted by Crippen LogP contribution is 2.36. The summed E-state index contributed by atoms with van der Waals surface area (Å²) in [7, 11) is 0. The number of aliphatic carboxylic acids is 1. The Labute approximate surface area is 126 Å². The lowest BCUT2D eigenvalue weighted by atomic mass is 10.1. The number of unbranched alkanes of at least 4 members (excludes halogenated alkanes) is 1. The number of carboxylic acid groups (broad SMARTS) is 1. The minimum absolute atomic E-state index is 0.229. The molecule has 1 aromatic carbocycles. The van der Waals surface area contributed by atoms with Crippen LogP contribution in [0.5, 0.6) is 11.5 Å². The van der Waals surface area contributed by atoms with Crippen LogP contribution in [-0.4, -0.2) is 23.9 Å². The third kappa shape index (κ3) is 3.64.